The van der Waals surface area contributed by atoms with E-state index in [1.807, 2.05) is 0 Å². The van der Waals surface area contributed by atoms with E-state index in [2.05, 4.69) is 24.5 Å². The lowest BCUT2D eigenvalue weighted by molar-refractivity contribution is 0.112. The highest BCUT2D eigenvalue weighted by Gasteiger charge is 1.99. The number of rotatable bonds is 1. The first kappa shape index (κ1) is 9.82. The Hall–Kier alpha value is -1.27. The molecule has 0 heterocycles. The lowest BCUT2D eigenvalue weighted by Crippen LogP contribution is -1.88. The summed E-state index contributed by atoms with van der Waals surface area (Å²) in [6, 6.07) is 3.88. The van der Waals surface area contributed by atoms with E-state index in [0.29, 0.717) is 23.2 Å². The number of hydrogen-bond donors (Lipinski definition) is 1. The van der Waals surface area contributed by atoms with Crippen LogP contribution in [0.1, 0.15) is 15.9 Å². The summed E-state index contributed by atoms with van der Waals surface area (Å²) in [5.74, 6) is 5.30. The van der Waals surface area contributed by atoms with Crippen LogP contribution in [0.15, 0.2) is 18.2 Å². The second kappa shape index (κ2) is 4.68. The van der Waals surface area contributed by atoms with Gasteiger partial charge in [0.05, 0.1) is 5.75 Å². The Morgan fingerprint density at radius 3 is 2.92 bits per heavy atom. The van der Waals surface area contributed by atoms with Crippen molar-refractivity contribution in [1.29, 1.82) is 0 Å². The van der Waals surface area contributed by atoms with Crippen molar-refractivity contribution in [1.82, 2.24) is 0 Å². The molecular formula is C10H7FOS. The van der Waals surface area contributed by atoms with Crippen LogP contribution in [0.25, 0.3) is 0 Å². The van der Waals surface area contributed by atoms with Crippen LogP contribution in [0.3, 0.4) is 0 Å². The van der Waals surface area contributed by atoms with Gasteiger partial charge in [-0.3, -0.25) is 4.79 Å². The second-order valence-corrected chi connectivity index (χ2v) is 2.63. The first-order valence-corrected chi connectivity index (χ1v) is 4.25. The summed E-state index contributed by atoms with van der Waals surface area (Å²) in [5.41, 5.74) is 0.805. The summed E-state index contributed by atoms with van der Waals surface area (Å²) in [4.78, 5) is 10.5. The van der Waals surface area contributed by atoms with E-state index >= 15 is 0 Å². The molecule has 0 spiro atoms. The van der Waals surface area contributed by atoms with E-state index in [-0.39, 0.29) is 0 Å². The number of hydrogen-bond acceptors (Lipinski definition) is 2. The third-order valence-electron chi connectivity index (χ3n) is 1.44. The smallest absolute Gasteiger partial charge is 0.151 e. The molecule has 0 bridgehead atoms. The normalized spacial score (nSPS) is 8.77. The zero-order chi connectivity index (χ0) is 9.68. The van der Waals surface area contributed by atoms with Crippen molar-refractivity contribution in [3.8, 4) is 11.8 Å². The maximum Gasteiger partial charge on any atom is 0.151 e. The molecule has 0 aliphatic carbocycles. The third-order valence-corrected chi connectivity index (χ3v) is 1.60. The van der Waals surface area contributed by atoms with Crippen molar-refractivity contribution in [3.05, 3.63) is 35.1 Å². The zero-order valence-corrected chi connectivity index (χ0v) is 7.64. The Bertz CT molecular complexity index is 376. The molecule has 0 N–H and O–H groups in total. The molecule has 0 atom stereocenters. The van der Waals surface area contributed by atoms with Gasteiger partial charge >= 0.3 is 0 Å². The van der Waals surface area contributed by atoms with Crippen molar-refractivity contribution >= 4 is 18.9 Å². The Balaban J connectivity index is 3.15. The summed E-state index contributed by atoms with van der Waals surface area (Å²) >= 11 is 3.88. The van der Waals surface area contributed by atoms with Crippen molar-refractivity contribution in [3.63, 3.8) is 0 Å². The molecule has 0 radical (unpaired) electrons. The molecule has 0 unspecified atom stereocenters. The van der Waals surface area contributed by atoms with Crippen LogP contribution >= 0.6 is 12.6 Å². The molecule has 13 heavy (non-hydrogen) atoms. The highest BCUT2D eigenvalue weighted by molar-refractivity contribution is 7.80. The molecule has 0 aliphatic rings. The second-order valence-electron chi connectivity index (χ2n) is 2.31. The first-order valence-electron chi connectivity index (χ1n) is 3.62. The van der Waals surface area contributed by atoms with Gasteiger partial charge in [0.15, 0.2) is 6.29 Å². The maximum atomic E-state index is 12.7. The molecule has 0 amide bonds. The Kier molecular flexibility index (Phi) is 3.53. The maximum absolute atomic E-state index is 12.7. The van der Waals surface area contributed by atoms with Crippen LogP contribution in [0.5, 0.6) is 0 Å². The molecule has 3 heteroatoms. The Labute approximate surface area is 81.4 Å². The summed E-state index contributed by atoms with van der Waals surface area (Å²) in [5, 5.41) is 0. The van der Waals surface area contributed by atoms with Crippen LogP contribution in [0, 0.1) is 17.7 Å². The predicted octanol–water partition coefficient (Wildman–Crippen LogP) is 1.92. The quantitative estimate of drug-likeness (QED) is 0.410. The van der Waals surface area contributed by atoms with E-state index in [0.717, 1.165) is 0 Å². The van der Waals surface area contributed by atoms with E-state index in [1.54, 1.807) is 0 Å². The third kappa shape index (κ3) is 2.60. The summed E-state index contributed by atoms with van der Waals surface area (Å²) in [7, 11) is 0. The van der Waals surface area contributed by atoms with E-state index in [4.69, 9.17) is 0 Å². The van der Waals surface area contributed by atoms with Gasteiger partial charge in [-0.15, -0.1) is 0 Å². The molecule has 0 aromatic heterocycles. The molecule has 0 fully saturated rings. The fourth-order valence-electron chi connectivity index (χ4n) is 0.874. The Morgan fingerprint density at radius 2 is 2.31 bits per heavy atom. The van der Waals surface area contributed by atoms with E-state index < -0.39 is 5.82 Å². The molecule has 66 valence electrons. The van der Waals surface area contributed by atoms with Crippen LogP contribution in [-0.4, -0.2) is 12.0 Å². The summed E-state index contributed by atoms with van der Waals surface area (Å²) < 4.78 is 12.7. The first-order chi connectivity index (χ1) is 6.27. The molecule has 0 saturated heterocycles. The van der Waals surface area contributed by atoms with Crippen LogP contribution in [0.2, 0.25) is 0 Å². The lowest BCUT2D eigenvalue weighted by atomic mass is 10.1. The molecular weight excluding hydrogens is 187 g/mol. The monoisotopic (exact) mass is 194 g/mol. The number of carbonyl (C=O) groups is 1. The molecule has 1 rings (SSSR count). The molecule has 0 saturated carbocycles. The molecule has 1 aromatic rings. The largest absolute Gasteiger partial charge is 0.298 e. The minimum atomic E-state index is -0.394. The van der Waals surface area contributed by atoms with Crippen LogP contribution in [0.4, 0.5) is 4.39 Å². The van der Waals surface area contributed by atoms with E-state index in [9.17, 15) is 9.18 Å². The van der Waals surface area contributed by atoms with Gasteiger partial charge < -0.3 is 0 Å². The predicted molar refractivity (Wildman–Crippen MR) is 52.5 cm³/mol. The standard InChI is InChI=1S/C10H7FOS/c11-10-4-3-9(7-12)8(6-10)2-1-5-13/h3-4,6-7,13H,5H2. The van der Waals surface area contributed by atoms with Gasteiger partial charge in [0.1, 0.15) is 5.82 Å². The fourth-order valence-corrected chi connectivity index (χ4v) is 0.953. The average Bonchev–Trinajstić information content (AvgIpc) is 2.15. The van der Waals surface area contributed by atoms with Gasteiger partial charge in [-0.2, -0.15) is 12.6 Å². The Morgan fingerprint density at radius 1 is 1.54 bits per heavy atom. The average molecular weight is 194 g/mol. The van der Waals surface area contributed by atoms with Crippen LogP contribution < -0.4 is 0 Å². The minimum Gasteiger partial charge on any atom is -0.298 e. The minimum absolute atomic E-state index is 0.384. The van der Waals surface area contributed by atoms with Gasteiger partial charge in [-0.1, -0.05) is 11.8 Å². The highest BCUT2D eigenvalue weighted by Crippen LogP contribution is 2.07. The number of thiol groups is 1. The highest BCUT2D eigenvalue weighted by atomic mass is 32.1. The topological polar surface area (TPSA) is 17.1 Å². The number of carbonyl (C=O) groups excluding carboxylic acids is 1. The summed E-state index contributed by atoms with van der Waals surface area (Å²) in [6.07, 6.45) is 0.655. The van der Waals surface area contributed by atoms with E-state index in [1.165, 1.54) is 18.2 Å². The van der Waals surface area contributed by atoms with Gasteiger partial charge in [0, 0.05) is 11.1 Å². The fraction of sp³-hybridized carbons (Fsp3) is 0.100. The van der Waals surface area contributed by atoms with Gasteiger partial charge in [-0.05, 0) is 18.2 Å². The zero-order valence-electron chi connectivity index (χ0n) is 6.75. The number of benzene rings is 1. The van der Waals surface area contributed by atoms with Crippen molar-refractivity contribution < 1.29 is 9.18 Å². The van der Waals surface area contributed by atoms with Crippen molar-refractivity contribution in [2.24, 2.45) is 0 Å². The summed E-state index contributed by atoms with van der Waals surface area (Å²) in [6.45, 7) is 0. The lowest BCUT2D eigenvalue weighted by Gasteiger charge is -1.95. The van der Waals surface area contributed by atoms with Crippen LogP contribution in [-0.2, 0) is 0 Å². The van der Waals surface area contributed by atoms with Crippen molar-refractivity contribution in [2.75, 3.05) is 5.75 Å². The molecule has 0 aliphatic heterocycles. The number of aldehydes is 1. The van der Waals surface area contributed by atoms with Gasteiger partial charge in [0.25, 0.3) is 0 Å². The SMILES string of the molecule is O=Cc1ccc(F)cc1C#CCS. The van der Waals surface area contributed by atoms with Gasteiger partial charge in [-0.25, -0.2) is 4.39 Å². The van der Waals surface area contributed by atoms with Crippen molar-refractivity contribution in [2.45, 2.75) is 0 Å². The number of halogens is 1. The molecule has 1 aromatic carbocycles. The van der Waals surface area contributed by atoms with Gasteiger partial charge in [0.2, 0.25) is 0 Å². The molecule has 1 nitrogen and oxygen atoms in total.